The summed E-state index contributed by atoms with van der Waals surface area (Å²) in [5.74, 6) is 1.48. The first-order chi connectivity index (χ1) is 13.5. The number of carbonyl (C=O) groups is 2. The van der Waals surface area contributed by atoms with Crippen molar-refractivity contribution in [3.63, 3.8) is 0 Å². The number of benzene rings is 2. The minimum absolute atomic E-state index is 0.0152. The Bertz CT molecular complexity index is 899. The fraction of sp³-hybridized carbons (Fsp3) is 0.300. The number of anilines is 1. The van der Waals surface area contributed by atoms with E-state index in [0.29, 0.717) is 52.5 Å². The van der Waals surface area contributed by atoms with E-state index in [2.05, 4.69) is 5.32 Å². The SMILES string of the molecule is COc1cc(NC(=O)CCC(=O)c2ccc3c(c2)OCCO3)c(OC)cc1Cl. The van der Waals surface area contributed by atoms with Crippen LogP contribution in [0.1, 0.15) is 23.2 Å². The van der Waals surface area contributed by atoms with Gasteiger partial charge in [-0.3, -0.25) is 9.59 Å². The van der Waals surface area contributed by atoms with Crippen LogP contribution in [-0.2, 0) is 4.79 Å². The van der Waals surface area contributed by atoms with Gasteiger partial charge in [-0.05, 0) is 18.2 Å². The van der Waals surface area contributed by atoms with E-state index < -0.39 is 0 Å². The molecule has 0 aliphatic carbocycles. The first-order valence-electron chi connectivity index (χ1n) is 8.66. The van der Waals surface area contributed by atoms with Crippen LogP contribution in [0.4, 0.5) is 5.69 Å². The van der Waals surface area contributed by atoms with Gasteiger partial charge in [0.25, 0.3) is 0 Å². The van der Waals surface area contributed by atoms with Crippen molar-refractivity contribution < 1.29 is 28.5 Å². The van der Waals surface area contributed by atoms with Crippen molar-refractivity contribution in [3.8, 4) is 23.0 Å². The van der Waals surface area contributed by atoms with Crippen LogP contribution in [0.15, 0.2) is 30.3 Å². The number of amides is 1. The molecular formula is C20H20ClNO6. The van der Waals surface area contributed by atoms with Crippen LogP contribution in [0.2, 0.25) is 5.02 Å². The molecule has 2 aromatic carbocycles. The number of rotatable bonds is 7. The molecule has 0 saturated carbocycles. The lowest BCUT2D eigenvalue weighted by Gasteiger charge is -2.18. The van der Waals surface area contributed by atoms with E-state index in [9.17, 15) is 9.59 Å². The zero-order valence-electron chi connectivity index (χ0n) is 15.5. The first-order valence-corrected chi connectivity index (χ1v) is 9.04. The van der Waals surface area contributed by atoms with Crippen LogP contribution in [0, 0.1) is 0 Å². The molecular weight excluding hydrogens is 386 g/mol. The summed E-state index contributed by atoms with van der Waals surface area (Å²) in [5.41, 5.74) is 0.892. The van der Waals surface area contributed by atoms with Gasteiger partial charge in [0, 0.05) is 30.5 Å². The number of nitrogens with one attached hydrogen (secondary N) is 1. The Morgan fingerprint density at radius 2 is 1.71 bits per heavy atom. The molecule has 148 valence electrons. The Balaban J connectivity index is 1.62. The number of methoxy groups -OCH3 is 2. The number of hydrogen-bond acceptors (Lipinski definition) is 6. The highest BCUT2D eigenvalue weighted by Crippen LogP contribution is 2.36. The molecule has 1 heterocycles. The van der Waals surface area contributed by atoms with Crippen molar-refractivity contribution >= 4 is 29.0 Å². The molecule has 0 radical (unpaired) electrons. The lowest BCUT2D eigenvalue weighted by Crippen LogP contribution is -2.16. The smallest absolute Gasteiger partial charge is 0.224 e. The molecule has 28 heavy (non-hydrogen) atoms. The Labute approximate surface area is 167 Å². The fourth-order valence-electron chi connectivity index (χ4n) is 2.76. The van der Waals surface area contributed by atoms with Crippen molar-refractivity contribution in [1.82, 2.24) is 0 Å². The number of ketones is 1. The highest BCUT2D eigenvalue weighted by Gasteiger charge is 2.17. The molecule has 0 aromatic heterocycles. The van der Waals surface area contributed by atoms with Crippen molar-refractivity contribution in [3.05, 3.63) is 40.9 Å². The van der Waals surface area contributed by atoms with Gasteiger partial charge in [-0.1, -0.05) is 11.6 Å². The third-order valence-electron chi connectivity index (χ3n) is 4.19. The molecule has 3 rings (SSSR count). The van der Waals surface area contributed by atoms with Crippen molar-refractivity contribution in [2.45, 2.75) is 12.8 Å². The van der Waals surface area contributed by atoms with E-state index in [1.165, 1.54) is 14.2 Å². The Morgan fingerprint density at radius 1 is 1.00 bits per heavy atom. The average Bonchev–Trinajstić information content (AvgIpc) is 2.72. The van der Waals surface area contributed by atoms with Gasteiger partial charge in [-0.25, -0.2) is 0 Å². The molecule has 7 nitrogen and oxygen atoms in total. The second-order valence-corrected chi connectivity index (χ2v) is 6.42. The molecule has 0 saturated heterocycles. The van der Waals surface area contributed by atoms with Crippen LogP contribution >= 0.6 is 11.6 Å². The number of fused-ring (bicyclic) bond motifs is 1. The predicted octanol–water partition coefficient (Wildman–Crippen LogP) is 3.73. The maximum absolute atomic E-state index is 12.4. The van der Waals surface area contributed by atoms with E-state index in [0.717, 1.165) is 0 Å². The molecule has 1 aliphatic rings. The predicted molar refractivity (Wildman–Crippen MR) is 104 cm³/mol. The van der Waals surface area contributed by atoms with Gasteiger partial charge in [0.05, 0.1) is 24.9 Å². The highest BCUT2D eigenvalue weighted by molar-refractivity contribution is 6.32. The maximum Gasteiger partial charge on any atom is 0.224 e. The van der Waals surface area contributed by atoms with E-state index in [-0.39, 0.29) is 24.5 Å². The molecule has 1 aliphatic heterocycles. The normalized spacial score (nSPS) is 12.2. The van der Waals surface area contributed by atoms with Gasteiger partial charge >= 0.3 is 0 Å². The Morgan fingerprint density at radius 3 is 2.43 bits per heavy atom. The lowest BCUT2D eigenvalue weighted by molar-refractivity contribution is -0.116. The summed E-state index contributed by atoms with van der Waals surface area (Å²) in [7, 11) is 2.95. The second-order valence-electron chi connectivity index (χ2n) is 6.02. The average molecular weight is 406 g/mol. The fourth-order valence-corrected chi connectivity index (χ4v) is 2.99. The summed E-state index contributed by atoms with van der Waals surface area (Å²) in [4.78, 5) is 24.7. The minimum Gasteiger partial charge on any atom is -0.495 e. The van der Waals surface area contributed by atoms with E-state index >= 15 is 0 Å². The maximum atomic E-state index is 12.4. The topological polar surface area (TPSA) is 83.1 Å². The molecule has 0 spiro atoms. The number of halogens is 1. The molecule has 2 aromatic rings. The Hall–Kier alpha value is -2.93. The third kappa shape index (κ3) is 4.48. The standard InChI is InChI=1S/C20H20ClNO6/c1-25-17-11-14(18(26-2)10-13(17)21)22-20(24)6-4-15(23)12-3-5-16-19(9-12)28-8-7-27-16/h3,5,9-11H,4,6-8H2,1-2H3,(H,22,24). The van der Waals surface area contributed by atoms with E-state index in [1.807, 2.05) is 0 Å². The van der Waals surface area contributed by atoms with Crippen LogP contribution < -0.4 is 24.3 Å². The summed E-state index contributed by atoms with van der Waals surface area (Å²) in [6, 6.07) is 8.13. The van der Waals surface area contributed by atoms with Gasteiger partial charge in [-0.2, -0.15) is 0 Å². The summed E-state index contributed by atoms with van der Waals surface area (Å²) < 4.78 is 21.3. The highest BCUT2D eigenvalue weighted by atomic mass is 35.5. The summed E-state index contributed by atoms with van der Waals surface area (Å²) in [6.07, 6.45) is 0.0693. The zero-order valence-corrected chi connectivity index (χ0v) is 16.3. The molecule has 0 bridgehead atoms. The third-order valence-corrected chi connectivity index (χ3v) is 4.49. The van der Waals surface area contributed by atoms with E-state index in [4.69, 9.17) is 30.5 Å². The minimum atomic E-state index is -0.325. The van der Waals surface area contributed by atoms with Crippen molar-refractivity contribution in [1.29, 1.82) is 0 Å². The van der Waals surface area contributed by atoms with Crippen LogP contribution in [-0.4, -0.2) is 39.1 Å². The summed E-state index contributed by atoms with van der Waals surface area (Å²) in [5, 5.41) is 3.09. The van der Waals surface area contributed by atoms with Crippen LogP contribution in [0.3, 0.4) is 0 Å². The first kappa shape index (κ1) is 19.8. The molecule has 0 unspecified atom stereocenters. The van der Waals surface area contributed by atoms with Crippen molar-refractivity contribution in [2.75, 3.05) is 32.8 Å². The lowest BCUT2D eigenvalue weighted by atomic mass is 10.1. The van der Waals surface area contributed by atoms with Gasteiger partial charge in [0.2, 0.25) is 5.91 Å². The van der Waals surface area contributed by atoms with E-state index in [1.54, 1.807) is 30.3 Å². The number of Topliss-reactive ketones (excluding diaryl/α,β-unsaturated/α-hetero) is 1. The van der Waals surface area contributed by atoms with Gasteiger partial charge in [0.1, 0.15) is 24.7 Å². The molecule has 0 fully saturated rings. The molecule has 1 N–H and O–H groups in total. The zero-order chi connectivity index (χ0) is 20.1. The monoisotopic (exact) mass is 405 g/mol. The van der Waals surface area contributed by atoms with Crippen LogP contribution in [0.5, 0.6) is 23.0 Å². The number of hydrogen-bond donors (Lipinski definition) is 1. The molecule has 8 heteroatoms. The largest absolute Gasteiger partial charge is 0.495 e. The Kier molecular flexibility index (Phi) is 6.26. The van der Waals surface area contributed by atoms with Gasteiger partial charge in [0.15, 0.2) is 17.3 Å². The number of ether oxygens (including phenoxy) is 4. The number of carbonyl (C=O) groups excluding carboxylic acids is 2. The summed E-state index contributed by atoms with van der Waals surface area (Å²) >= 11 is 6.06. The van der Waals surface area contributed by atoms with Crippen LogP contribution in [0.25, 0.3) is 0 Å². The molecule has 0 atom stereocenters. The van der Waals surface area contributed by atoms with Gasteiger partial charge in [-0.15, -0.1) is 0 Å². The van der Waals surface area contributed by atoms with Crippen molar-refractivity contribution in [2.24, 2.45) is 0 Å². The second kappa shape index (κ2) is 8.84. The quantitative estimate of drug-likeness (QED) is 0.707. The molecule has 1 amide bonds. The summed E-state index contributed by atoms with van der Waals surface area (Å²) in [6.45, 7) is 0.929. The van der Waals surface area contributed by atoms with Gasteiger partial charge < -0.3 is 24.3 Å².